The fraction of sp³-hybridized carbons (Fsp3) is 0.961. The molecule has 0 spiro atoms. The Bertz CT molecular complexity index is 969. The monoisotopic (exact) mass is 888 g/mol. The number of carbonyl (C=O) groups is 2. The van der Waals surface area contributed by atoms with Gasteiger partial charge in [0, 0.05) is 19.4 Å². The minimum atomic E-state index is -4.37. The Hall–Kier alpha value is -0.990. The van der Waals surface area contributed by atoms with E-state index < -0.39 is 26.5 Å². The highest BCUT2D eigenvalue weighted by Gasteiger charge is 2.26. The van der Waals surface area contributed by atoms with E-state index in [2.05, 4.69) is 13.8 Å². The van der Waals surface area contributed by atoms with Crippen LogP contribution in [0.25, 0.3) is 0 Å². The summed E-state index contributed by atoms with van der Waals surface area (Å²) in [6.45, 7) is 3.81. The molecule has 0 aromatic carbocycles. The lowest BCUT2D eigenvalue weighted by Crippen LogP contribution is -2.29. The van der Waals surface area contributed by atoms with Gasteiger partial charge in [0.2, 0.25) is 0 Å². The third-order valence-corrected chi connectivity index (χ3v) is 13.0. The first-order valence-corrected chi connectivity index (χ1v) is 28.0. The van der Waals surface area contributed by atoms with Crippen molar-refractivity contribution >= 4 is 19.8 Å². The van der Waals surface area contributed by atoms with Gasteiger partial charge in [0.05, 0.1) is 13.2 Å². The predicted molar refractivity (Wildman–Crippen MR) is 257 cm³/mol. The standard InChI is InChI=1S/C51H102NO8P/c1-3-5-7-9-11-13-15-17-19-21-23-24-25-26-28-30-32-34-36-38-40-42-44-51(54)60-49(48-59-61(55,56)58-46-45-52)47-57-50(53)43-41-39-37-35-33-31-29-27-22-20-18-16-14-12-10-8-6-4-2/h49H,3-48,52H2,1-2H3,(H,55,56)/t49-/m1/s1. The third kappa shape index (κ3) is 48.3. The largest absolute Gasteiger partial charge is 0.472 e. The van der Waals surface area contributed by atoms with Gasteiger partial charge in [-0.3, -0.25) is 18.6 Å². The van der Waals surface area contributed by atoms with E-state index in [0.29, 0.717) is 6.42 Å². The maximum atomic E-state index is 12.7. The van der Waals surface area contributed by atoms with Crippen molar-refractivity contribution in [3.8, 4) is 0 Å². The second-order valence-corrected chi connectivity index (χ2v) is 19.6. The van der Waals surface area contributed by atoms with Crippen molar-refractivity contribution in [1.82, 2.24) is 0 Å². The Morgan fingerprint density at radius 3 is 1.00 bits per heavy atom. The summed E-state index contributed by atoms with van der Waals surface area (Å²) in [5, 5.41) is 0. The number of carbonyl (C=O) groups excluding carboxylic acids is 2. The first kappa shape index (κ1) is 60.0. The Morgan fingerprint density at radius 1 is 0.426 bits per heavy atom. The van der Waals surface area contributed by atoms with Crippen LogP contribution in [-0.2, 0) is 32.7 Å². The number of nitrogens with two attached hydrogens (primary N) is 1. The summed E-state index contributed by atoms with van der Waals surface area (Å²) in [4.78, 5) is 35.1. The first-order valence-electron chi connectivity index (χ1n) is 26.5. The SMILES string of the molecule is CCCCCCCCCCCCCCCCCCCCCCCCC(=O)O[C@H](COC(=O)CCCCCCCCCCCCCCCCCCCC)COP(=O)(O)OCCN. The van der Waals surface area contributed by atoms with Gasteiger partial charge in [0.1, 0.15) is 6.61 Å². The van der Waals surface area contributed by atoms with E-state index in [4.69, 9.17) is 24.3 Å². The Morgan fingerprint density at radius 2 is 0.705 bits per heavy atom. The number of hydrogen-bond donors (Lipinski definition) is 2. The second kappa shape index (κ2) is 48.5. The van der Waals surface area contributed by atoms with Crippen molar-refractivity contribution < 1.29 is 37.6 Å². The molecule has 0 heterocycles. The molecule has 3 N–H and O–H groups in total. The summed E-state index contributed by atoms with van der Waals surface area (Å²) in [6, 6.07) is 0. The van der Waals surface area contributed by atoms with Crippen LogP contribution in [0.5, 0.6) is 0 Å². The van der Waals surface area contributed by atoms with E-state index in [1.165, 1.54) is 218 Å². The topological polar surface area (TPSA) is 134 Å². The Labute approximate surface area is 377 Å². The summed E-state index contributed by atoms with van der Waals surface area (Å²) in [7, 11) is -4.37. The maximum absolute atomic E-state index is 12.7. The normalized spacial score (nSPS) is 13.0. The minimum absolute atomic E-state index is 0.0584. The average Bonchev–Trinajstić information content (AvgIpc) is 3.25. The summed E-state index contributed by atoms with van der Waals surface area (Å²) in [5.41, 5.74) is 5.37. The fourth-order valence-corrected chi connectivity index (χ4v) is 8.82. The fourth-order valence-electron chi connectivity index (χ4n) is 8.05. The number of esters is 2. The molecule has 0 bridgehead atoms. The molecule has 0 aromatic rings. The molecule has 0 rings (SSSR count). The second-order valence-electron chi connectivity index (χ2n) is 18.1. The lowest BCUT2D eigenvalue weighted by atomic mass is 10.0. The quantitative estimate of drug-likeness (QED) is 0.0348. The summed E-state index contributed by atoms with van der Waals surface area (Å²) < 4.78 is 33.0. The molecule has 0 saturated carbocycles. The molecule has 9 nitrogen and oxygen atoms in total. The van der Waals surface area contributed by atoms with Gasteiger partial charge in [-0.25, -0.2) is 4.57 Å². The first-order chi connectivity index (χ1) is 29.8. The molecule has 2 atom stereocenters. The average molecular weight is 888 g/mol. The van der Waals surface area contributed by atoms with E-state index in [0.717, 1.165) is 32.1 Å². The summed E-state index contributed by atoms with van der Waals surface area (Å²) in [6.07, 6.45) is 51.4. The highest BCUT2D eigenvalue weighted by molar-refractivity contribution is 7.47. The van der Waals surface area contributed by atoms with Crippen LogP contribution in [0.15, 0.2) is 0 Å². The van der Waals surface area contributed by atoms with Gasteiger partial charge in [-0.05, 0) is 12.8 Å². The van der Waals surface area contributed by atoms with Crippen molar-refractivity contribution in [2.24, 2.45) is 5.73 Å². The number of rotatable bonds is 51. The molecule has 0 aliphatic heterocycles. The molecule has 0 amide bonds. The summed E-state index contributed by atoms with van der Waals surface area (Å²) >= 11 is 0. The van der Waals surface area contributed by atoms with E-state index in [-0.39, 0.29) is 38.6 Å². The van der Waals surface area contributed by atoms with Crippen LogP contribution in [0.1, 0.15) is 284 Å². The van der Waals surface area contributed by atoms with Gasteiger partial charge in [-0.2, -0.15) is 0 Å². The van der Waals surface area contributed by atoms with Crippen LogP contribution < -0.4 is 5.73 Å². The van der Waals surface area contributed by atoms with Crippen molar-refractivity contribution in [3.05, 3.63) is 0 Å². The zero-order valence-corrected chi connectivity index (χ0v) is 41.3. The highest BCUT2D eigenvalue weighted by atomic mass is 31.2. The van der Waals surface area contributed by atoms with Crippen LogP contribution in [0.2, 0.25) is 0 Å². The molecule has 0 aliphatic rings. The number of hydrogen-bond acceptors (Lipinski definition) is 8. The maximum Gasteiger partial charge on any atom is 0.472 e. The van der Waals surface area contributed by atoms with Crippen molar-refractivity contribution in [2.45, 2.75) is 290 Å². The molecule has 0 saturated heterocycles. The molecular formula is C51H102NO8P. The number of unbranched alkanes of at least 4 members (excludes halogenated alkanes) is 38. The van der Waals surface area contributed by atoms with E-state index >= 15 is 0 Å². The molecule has 61 heavy (non-hydrogen) atoms. The van der Waals surface area contributed by atoms with Gasteiger partial charge >= 0.3 is 19.8 Å². The number of ether oxygens (including phenoxy) is 2. The minimum Gasteiger partial charge on any atom is -0.462 e. The molecule has 364 valence electrons. The van der Waals surface area contributed by atoms with Crippen LogP contribution in [-0.4, -0.2) is 49.3 Å². The third-order valence-electron chi connectivity index (χ3n) is 12.0. The van der Waals surface area contributed by atoms with Crippen molar-refractivity contribution in [3.63, 3.8) is 0 Å². The number of phosphoric acid groups is 1. The molecule has 0 fully saturated rings. The van der Waals surface area contributed by atoms with E-state index in [9.17, 15) is 19.0 Å². The molecule has 1 unspecified atom stereocenters. The molecule has 0 aliphatic carbocycles. The lowest BCUT2D eigenvalue weighted by Gasteiger charge is -2.19. The Balaban J connectivity index is 3.96. The predicted octanol–water partition coefficient (Wildman–Crippen LogP) is 16.0. The zero-order valence-electron chi connectivity index (χ0n) is 40.4. The van der Waals surface area contributed by atoms with Gasteiger partial charge in [0.15, 0.2) is 6.10 Å². The van der Waals surface area contributed by atoms with Crippen LogP contribution >= 0.6 is 7.82 Å². The summed E-state index contributed by atoms with van der Waals surface area (Å²) in [5.74, 6) is -0.805. The molecule has 0 aromatic heterocycles. The van der Waals surface area contributed by atoms with Gasteiger partial charge in [-0.15, -0.1) is 0 Å². The van der Waals surface area contributed by atoms with Crippen LogP contribution in [0, 0.1) is 0 Å². The van der Waals surface area contributed by atoms with Gasteiger partial charge < -0.3 is 20.1 Å². The van der Waals surface area contributed by atoms with Crippen LogP contribution in [0.4, 0.5) is 0 Å². The Kier molecular flexibility index (Phi) is 47.7. The molecule has 10 heteroatoms. The lowest BCUT2D eigenvalue weighted by molar-refractivity contribution is -0.161. The smallest absolute Gasteiger partial charge is 0.462 e. The van der Waals surface area contributed by atoms with Crippen LogP contribution in [0.3, 0.4) is 0 Å². The van der Waals surface area contributed by atoms with Crippen molar-refractivity contribution in [1.29, 1.82) is 0 Å². The van der Waals surface area contributed by atoms with Gasteiger partial charge in [-0.1, -0.05) is 258 Å². The highest BCUT2D eigenvalue weighted by Crippen LogP contribution is 2.43. The van der Waals surface area contributed by atoms with E-state index in [1.54, 1.807) is 0 Å². The molecule has 0 radical (unpaired) electrons. The number of phosphoric ester groups is 1. The van der Waals surface area contributed by atoms with Gasteiger partial charge in [0.25, 0.3) is 0 Å². The van der Waals surface area contributed by atoms with Crippen molar-refractivity contribution in [2.75, 3.05) is 26.4 Å². The molecular weight excluding hydrogens is 786 g/mol. The zero-order chi connectivity index (χ0) is 44.6. The van der Waals surface area contributed by atoms with E-state index in [1.807, 2.05) is 0 Å².